The molecule has 0 aliphatic carbocycles. The predicted molar refractivity (Wildman–Crippen MR) is 86.3 cm³/mol. The molecule has 0 fully saturated rings. The van der Waals surface area contributed by atoms with Crippen LogP contribution in [-0.4, -0.2) is 37.8 Å². The van der Waals surface area contributed by atoms with E-state index in [1.165, 1.54) is 0 Å². The van der Waals surface area contributed by atoms with Gasteiger partial charge in [-0.15, -0.1) is 0 Å². The van der Waals surface area contributed by atoms with E-state index in [2.05, 4.69) is 34.1 Å². The molecule has 0 atom stereocenters. The van der Waals surface area contributed by atoms with Crippen molar-refractivity contribution < 1.29 is 5.11 Å². The Morgan fingerprint density at radius 1 is 1.18 bits per heavy atom. The van der Waals surface area contributed by atoms with Crippen LogP contribution in [0.4, 0.5) is 5.82 Å². The van der Waals surface area contributed by atoms with Crippen LogP contribution in [0.2, 0.25) is 0 Å². The fourth-order valence-corrected chi connectivity index (χ4v) is 2.58. The van der Waals surface area contributed by atoms with E-state index in [1.807, 2.05) is 22.8 Å². The normalized spacial score (nSPS) is 11.0. The zero-order chi connectivity index (χ0) is 15.5. The third-order valence-corrected chi connectivity index (χ3v) is 3.80. The van der Waals surface area contributed by atoms with Gasteiger partial charge in [0.25, 0.3) is 0 Å². The van der Waals surface area contributed by atoms with Gasteiger partial charge in [-0.05, 0) is 38.0 Å². The molecule has 2 N–H and O–H groups in total. The molecule has 114 valence electrons. The molecular weight excluding hydrogens is 278 g/mol. The number of anilines is 1. The van der Waals surface area contributed by atoms with Crippen molar-refractivity contribution in [1.82, 2.24) is 19.5 Å². The van der Waals surface area contributed by atoms with Crippen LogP contribution < -0.4 is 5.32 Å². The van der Waals surface area contributed by atoms with Crippen molar-refractivity contribution in [2.45, 2.75) is 20.3 Å². The molecule has 0 spiro atoms. The fraction of sp³-hybridized carbons (Fsp3) is 0.312. The molecule has 0 radical (unpaired) electrons. The topological polar surface area (TPSA) is 75.9 Å². The summed E-state index contributed by atoms with van der Waals surface area (Å²) in [5.41, 5.74) is 3.07. The van der Waals surface area contributed by atoms with Crippen LogP contribution in [0.15, 0.2) is 30.7 Å². The molecule has 0 bridgehead atoms. The quantitative estimate of drug-likeness (QED) is 0.706. The van der Waals surface area contributed by atoms with E-state index in [1.54, 1.807) is 12.5 Å². The summed E-state index contributed by atoms with van der Waals surface area (Å²) in [4.78, 5) is 13.2. The van der Waals surface area contributed by atoms with Crippen molar-refractivity contribution in [3.8, 4) is 5.82 Å². The van der Waals surface area contributed by atoms with Crippen molar-refractivity contribution in [2.75, 3.05) is 18.5 Å². The zero-order valence-electron chi connectivity index (χ0n) is 12.7. The number of aryl methyl sites for hydroxylation is 1. The number of hydrogen-bond donors (Lipinski definition) is 2. The monoisotopic (exact) mass is 297 g/mol. The van der Waals surface area contributed by atoms with Gasteiger partial charge in [0, 0.05) is 25.0 Å². The Morgan fingerprint density at radius 2 is 2.05 bits per heavy atom. The van der Waals surface area contributed by atoms with Crippen molar-refractivity contribution in [3.63, 3.8) is 0 Å². The average molecular weight is 297 g/mol. The third kappa shape index (κ3) is 2.42. The van der Waals surface area contributed by atoms with Crippen LogP contribution in [0.1, 0.15) is 17.7 Å². The Hall–Kier alpha value is -2.47. The highest BCUT2D eigenvalue weighted by atomic mass is 16.3. The second-order valence-corrected chi connectivity index (χ2v) is 5.16. The molecule has 0 unspecified atom stereocenters. The summed E-state index contributed by atoms with van der Waals surface area (Å²) >= 11 is 0. The molecule has 3 aromatic heterocycles. The van der Waals surface area contributed by atoms with Crippen LogP contribution in [0.25, 0.3) is 16.9 Å². The van der Waals surface area contributed by atoms with Gasteiger partial charge in [0.05, 0.1) is 5.39 Å². The first-order chi connectivity index (χ1) is 10.7. The summed E-state index contributed by atoms with van der Waals surface area (Å²) < 4.78 is 2.05. The minimum Gasteiger partial charge on any atom is -0.396 e. The third-order valence-electron chi connectivity index (χ3n) is 3.80. The number of aromatic nitrogens is 4. The van der Waals surface area contributed by atoms with E-state index >= 15 is 0 Å². The molecule has 0 aliphatic heterocycles. The Bertz CT molecular complexity index is 782. The minimum absolute atomic E-state index is 0.161. The summed E-state index contributed by atoms with van der Waals surface area (Å²) in [7, 11) is 0. The van der Waals surface area contributed by atoms with Crippen molar-refractivity contribution in [3.05, 3.63) is 42.0 Å². The molecule has 0 aliphatic rings. The summed E-state index contributed by atoms with van der Waals surface area (Å²) in [5.74, 6) is 1.65. The van der Waals surface area contributed by atoms with Crippen LogP contribution in [0.3, 0.4) is 0 Å². The summed E-state index contributed by atoms with van der Waals surface area (Å²) in [6.45, 7) is 4.96. The molecular formula is C16H19N5O. The molecule has 0 amide bonds. The molecule has 22 heavy (non-hydrogen) atoms. The van der Waals surface area contributed by atoms with Crippen molar-refractivity contribution in [1.29, 1.82) is 0 Å². The highest BCUT2D eigenvalue weighted by Gasteiger charge is 2.17. The molecule has 3 heterocycles. The van der Waals surface area contributed by atoms with Gasteiger partial charge in [-0.1, -0.05) is 6.07 Å². The van der Waals surface area contributed by atoms with Crippen molar-refractivity contribution in [2.24, 2.45) is 0 Å². The smallest absolute Gasteiger partial charge is 0.151 e. The molecule has 0 saturated carbocycles. The van der Waals surface area contributed by atoms with Gasteiger partial charge in [-0.25, -0.2) is 15.0 Å². The van der Waals surface area contributed by atoms with Gasteiger partial charge >= 0.3 is 0 Å². The lowest BCUT2D eigenvalue weighted by Gasteiger charge is -2.07. The van der Waals surface area contributed by atoms with Gasteiger partial charge < -0.3 is 10.4 Å². The van der Waals surface area contributed by atoms with Crippen LogP contribution >= 0.6 is 0 Å². The second-order valence-electron chi connectivity index (χ2n) is 5.16. The summed E-state index contributed by atoms with van der Waals surface area (Å²) in [6, 6.07) is 5.83. The van der Waals surface area contributed by atoms with Crippen molar-refractivity contribution >= 4 is 16.9 Å². The number of nitrogens with zero attached hydrogens (tertiary/aromatic N) is 4. The lowest BCUT2D eigenvalue weighted by atomic mass is 10.2. The van der Waals surface area contributed by atoms with Crippen LogP contribution in [-0.2, 0) is 0 Å². The predicted octanol–water partition coefficient (Wildman–Crippen LogP) is 2.23. The Balaban J connectivity index is 2.16. The lowest BCUT2D eigenvalue weighted by Crippen LogP contribution is -2.06. The first-order valence-electron chi connectivity index (χ1n) is 7.32. The maximum Gasteiger partial charge on any atom is 0.151 e. The van der Waals surface area contributed by atoms with Gasteiger partial charge in [-0.3, -0.25) is 4.57 Å². The number of fused-ring (bicyclic) bond motifs is 1. The molecule has 0 aromatic carbocycles. The van der Waals surface area contributed by atoms with E-state index < -0.39 is 0 Å². The Morgan fingerprint density at radius 3 is 2.77 bits per heavy atom. The number of aliphatic hydroxyl groups is 1. The molecule has 0 saturated heterocycles. The van der Waals surface area contributed by atoms with Gasteiger partial charge in [0.2, 0.25) is 0 Å². The summed E-state index contributed by atoms with van der Waals surface area (Å²) in [6.07, 6.45) is 4.02. The van der Waals surface area contributed by atoms with Crippen LogP contribution in [0, 0.1) is 13.8 Å². The minimum atomic E-state index is 0.161. The van der Waals surface area contributed by atoms with Gasteiger partial charge in [-0.2, -0.15) is 0 Å². The molecule has 3 aromatic rings. The second kappa shape index (κ2) is 6.11. The lowest BCUT2D eigenvalue weighted by molar-refractivity contribution is 0.292. The highest BCUT2D eigenvalue weighted by molar-refractivity contribution is 5.92. The van der Waals surface area contributed by atoms with E-state index in [4.69, 9.17) is 5.11 Å². The SMILES string of the molecule is Cc1c(C)n(-c2ccccn2)c2ncnc(NCCCO)c12. The maximum absolute atomic E-state index is 8.92. The molecule has 6 heteroatoms. The fourth-order valence-electron chi connectivity index (χ4n) is 2.58. The standard InChI is InChI=1S/C16H19N5O/c1-11-12(2)21(13-6-3-4-7-17-13)16-14(11)15(19-10-20-16)18-8-5-9-22/h3-4,6-7,10,22H,5,8-9H2,1-2H3,(H,18,19,20). The largest absolute Gasteiger partial charge is 0.396 e. The number of nitrogens with one attached hydrogen (secondary N) is 1. The van der Waals surface area contributed by atoms with E-state index in [9.17, 15) is 0 Å². The molecule has 6 nitrogen and oxygen atoms in total. The Labute approximate surface area is 128 Å². The number of pyridine rings is 1. The van der Waals surface area contributed by atoms with Gasteiger partial charge in [0.1, 0.15) is 18.0 Å². The first kappa shape index (κ1) is 14.5. The molecule has 3 rings (SSSR count). The van der Waals surface area contributed by atoms with E-state index in [-0.39, 0.29) is 6.61 Å². The first-order valence-corrected chi connectivity index (χ1v) is 7.32. The maximum atomic E-state index is 8.92. The highest BCUT2D eigenvalue weighted by Crippen LogP contribution is 2.30. The summed E-state index contributed by atoms with van der Waals surface area (Å²) in [5, 5.41) is 13.2. The van der Waals surface area contributed by atoms with E-state index in [0.29, 0.717) is 13.0 Å². The van der Waals surface area contributed by atoms with Crippen LogP contribution in [0.5, 0.6) is 0 Å². The van der Waals surface area contributed by atoms with Gasteiger partial charge in [0.15, 0.2) is 5.65 Å². The Kier molecular flexibility index (Phi) is 4.02. The number of rotatable bonds is 5. The number of hydrogen-bond acceptors (Lipinski definition) is 5. The zero-order valence-corrected chi connectivity index (χ0v) is 12.7. The number of aliphatic hydroxyl groups excluding tert-OH is 1. The van der Waals surface area contributed by atoms with E-state index in [0.717, 1.165) is 33.9 Å². The average Bonchev–Trinajstić information content (AvgIpc) is 2.81.